The lowest BCUT2D eigenvalue weighted by Gasteiger charge is -2.12. The summed E-state index contributed by atoms with van der Waals surface area (Å²) in [4.78, 5) is 14.0. The Labute approximate surface area is 134 Å². The molecule has 1 amide bonds. The van der Waals surface area contributed by atoms with Crippen molar-refractivity contribution in [3.8, 4) is 0 Å². The highest BCUT2D eigenvalue weighted by Crippen LogP contribution is 2.25. The van der Waals surface area contributed by atoms with Crippen molar-refractivity contribution in [2.75, 3.05) is 24.3 Å². The van der Waals surface area contributed by atoms with Crippen LogP contribution in [-0.4, -0.2) is 20.0 Å². The van der Waals surface area contributed by atoms with Crippen molar-refractivity contribution in [2.24, 2.45) is 0 Å². The number of nitrogens with one attached hydrogen (secondary N) is 1. The van der Waals surface area contributed by atoms with E-state index in [1.54, 1.807) is 18.2 Å². The van der Waals surface area contributed by atoms with Crippen molar-refractivity contribution in [1.29, 1.82) is 0 Å². The van der Waals surface area contributed by atoms with Gasteiger partial charge in [0.2, 0.25) is 5.91 Å². The molecule has 0 aliphatic heterocycles. The molecular formula is C16H16Cl2N2O. The van der Waals surface area contributed by atoms with E-state index < -0.39 is 0 Å². The smallest absolute Gasteiger partial charge is 0.228 e. The Balaban J connectivity index is 1.99. The lowest BCUT2D eigenvalue weighted by molar-refractivity contribution is -0.115. The number of amides is 1. The standard InChI is InChI=1S/C16H16Cl2N2O/c1-20(2)13-6-3-11(4-7-13)9-16(21)19-12-5-8-14(17)15(18)10-12/h3-8,10H,9H2,1-2H3,(H,19,21). The van der Waals surface area contributed by atoms with E-state index >= 15 is 0 Å². The van der Waals surface area contributed by atoms with Crippen molar-refractivity contribution >= 4 is 40.5 Å². The van der Waals surface area contributed by atoms with Gasteiger partial charge in [-0.1, -0.05) is 35.3 Å². The molecule has 2 aromatic rings. The van der Waals surface area contributed by atoms with Crippen LogP contribution in [0, 0.1) is 0 Å². The Morgan fingerprint density at radius 3 is 2.29 bits per heavy atom. The van der Waals surface area contributed by atoms with Gasteiger partial charge in [-0.2, -0.15) is 0 Å². The van der Waals surface area contributed by atoms with Crippen molar-refractivity contribution in [3.63, 3.8) is 0 Å². The Bertz CT molecular complexity index is 639. The van der Waals surface area contributed by atoms with Gasteiger partial charge < -0.3 is 10.2 Å². The predicted octanol–water partition coefficient (Wildman–Crippen LogP) is 4.24. The zero-order chi connectivity index (χ0) is 15.4. The van der Waals surface area contributed by atoms with Crippen LogP contribution in [0.15, 0.2) is 42.5 Å². The van der Waals surface area contributed by atoms with Crippen LogP contribution in [0.4, 0.5) is 11.4 Å². The lowest BCUT2D eigenvalue weighted by Crippen LogP contribution is -2.14. The molecule has 2 rings (SSSR count). The van der Waals surface area contributed by atoms with Gasteiger partial charge in [-0.05, 0) is 35.9 Å². The first-order valence-electron chi connectivity index (χ1n) is 6.47. The maximum atomic E-state index is 12.0. The molecule has 0 atom stereocenters. The molecule has 0 aliphatic carbocycles. The SMILES string of the molecule is CN(C)c1ccc(CC(=O)Nc2ccc(Cl)c(Cl)c2)cc1. The zero-order valence-electron chi connectivity index (χ0n) is 11.9. The number of carbonyl (C=O) groups is 1. The van der Waals surface area contributed by atoms with Gasteiger partial charge in [0.05, 0.1) is 16.5 Å². The summed E-state index contributed by atoms with van der Waals surface area (Å²) >= 11 is 11.8. The van der Waals surface area contributed by atoms with Crippen molar-refractivity contribution in [3.05, 3.63) is 58.1 Å². The van der Waals surface area contributed by atoms with E-state index in [9.17, 15) is 4.79 Å². The molecule has 3 nitrogen and oxygen atoms in total. The Hall–Kier alpha value is -1.71. The molecule has 5 heteroatoms. The van der Waals surface area contributed by atoms with Gasteiger partial charge in [0.15, 0.2) is 0 Å². The quantitative estimate of drug-likeness (QED) is 0.913. The van der Waals surface area contributed by atoms with Gasteiger partial charge in [0.1, 0.15) is 0 Å². The highest BCUT2D eigenvalue weighted by molar-refractivity contribution is 6.42. The van der Waals surface area contributed by atoms with E-state index in [2.05, 4.69) is 5.32 Å². The molecule has 0 bridgehead atoms. The molecule has 1 N–H and O–H groups in total. The fraction of sp³-hybridized carbons (Fsp3) is 0.188. The summed E-state index contributed by atoms with van der Waals surface area (Å²) in [5, 5.41) is 3.69. The van der Waals surface area contributed by atoms with Crippen LogP contribution in [0.1, 0.15) is 5.56 Å². The van der Waals surface area contributed by atoms with E-state index in [0.717, 1.165) is 11.3 Å². The molecule has 21 heavy (non-hydrogen) atoms. The van der Waals surface area contributed by atoms with Crippen molar-refractivity contribution in [1.82, 2.24) is 0 Å². The molecule has 110 valence electrons. The second-order valence-electron chi connectivity index (χ2n) is 4.91. The van der Waals surface area contributed by atoms with Crippen LogP contribution in [0.2, 0.25) is 10.0 Å². The average molecular weight is 323 g/mol. The summed E-state index contributed by atoms with van der Waals surface area (Å²) in [5.41, 5.74) is 2.70. The molecule has 0 saturated heterocycles. The van der Waals surface area contributed by atoms with Gasteiger partial charge >= 0.3 is 0 Å². The predicted molar refractivity (Wildman–Crippen MR) is 89.6 cm³/mol. The molecule has 0 fully saturated rings. The molecule has 0 unspecified atom stereocenters. The van der Waals surface area contributed by atoms with Crippen molar-refractivity contribution in [2.45, 2.75) is 6.42 Å². The van der Waals surface area contributed by atoms with Gasteiger partial charge in [0.25, 0.3) is 0 Å². The molecule has 0 spiro atoms. The Morgan fingerprint density at radius 2 is 1.71 bits per heavy atom. The van der Waals surface area contributed by atoms with Crippen LogP contribution in [0.3, 0.4) is 0 Å². The first kappa shape index (κ1) is 15.7. The van der Waals surface area contributed by atoms with E-state index in [0.29, 0.717) is 22.2 Å². The third kappa shape index (κ3) is 4.38. The molecule has 2 aromatic carbocycles. The fourth-order valence-corrected chi connectivity index (χ4v) is 2.17. The lowest BCUT2D eigenvalue weighted by atomic mass is 10.1. The number of carbonyl (C=O) groups excluding carboxylic acids is 1. The van der Waals surface area contributed by atoms with E-state index in [1.807, 2.05) is 43.3 Å². The fourth-order valence-electron chi connectivity index (χ4n) is 1.88. The van der Waals surface area contributed by atoms with Crippen LogP contribution in [-0.2, 0) is 11.2 Å². The first-order chi connectivity index (χ1) is 9.95. The Kier molecular flexibility index (Phi) is 5.10. The van der Waals surface area contributed by atoms with Gasteiger partial charge in [-0.3, -0.25) is 4.79 Å². The second kappa shape index (κ2) is 6.83. The second-order valence-corrected chi connectivity index (χ2v) is 5.73. The molecule has 0 aromatic heterocycles. The maximum absolute atomic E-state index is 12.0. The minimum Gasteiger partial charge on any atom is -0.378 e. The monoisotopic (exact) mass is 322 g/mol. The van der Waals surface area contributed by atoms with Gasteiger partial charge in [-0.15, -0.1) is 0 Å². The number of halogens is 2. The van der Waals surface area contributed by atoms with E-state index in [4.69, 9.17) is 23.2 Å². The third-order valence-corrected chi connectivity index (χ3v) is 3.76. The Morgan fingerprint density at radius 1 is 1.05 bits per heavy atom. The number of nitrogens with zero attached hydrogens (tertiary/aromatic N) is 1. The topological polar surface area (TPSA) is 32.3 Å². The molecule has 0 radical (unpaired) electrons. The first-order valence-corrected chi connectivity index (χ1v) is 7.22. The van der Waals surface area contributed by atoms with E-state index in [1.165, 1.54) is 0 Å². The average Bonchev–Trinajstić information content (AvgIpc) is 2.43. The van der Waals surface area contributed by atoms with Gasteiger partial charge in [0, 0.05) is 25.5 Å². The highest BCUT2D eigenvalue weighted by Gasteiger charge is 2.06. The molecule has 0 saturated carbocycles. The summed E-state index contributed by atoms with van der Waals surface area (Å²) in [7, 11) is 3.96. The highest BCUT2D eigenvalue weighted by atomic mass is 35.5. The van der Waals surface area contributed by atoms with Gasteiger partial charge in [-0.25, -0.2) is 0 Å². The van der Waals surface area contributed by atoms with Crippen LogP contribution >= 0.6 is 23.2 Å². The number of hydrogen-bond donors (Lipinski definition) is 1. The summed E-state index contributed by atoms with van der Waals surface area (Å²) in [6, 6.07) is 12.9. The molecular weight excluding hydrogens is 307 g/mol. The zero-order valence-corrected chi connectivity index (χ0v) is 13.4. The normalized spacial score (nSPS) is 10.3. The minimum absolute atomic E-state index is 0.0917. The summed E-state index contributed by atoms with van der Waals surface area (Å²) < 4.78 is 0. The minimum atomic E-state index is -0.0917. The van der Waals surface area contributed by atoms with E-state index in [-0.39, 0.29) is 5.91 Å². The third-order valence-electron chi connectivity index (χ3n) is 3.02. The number of anilines is 2. The summed E-state index contributed by atoms with van der Waals surface area (Å²) in [6.07, 6.45) is 0.313. The summed E-state index contributed by atoms with van der Waals surface area (Å²) in [5.74, 6) is -0.0917. The number of benzene rings is 2. The van der Waals surface area contributed by atoms with Crippen LogP contribution in [0.25, 0.3) is 0 Å². The maximum Gasteiger partial charge on any atom is 0.228 e. The summed E-state index contributed by atoms with van der Waals surface area (Å²) in [6.45, 7) is 0. The van der Waals surface area contributed by atoms with Crippen LogP contribution < -0.4 is 10.2 Å². The van der Waals surface area contributed by atoms with Crippen LogP contribution in [0.5, 0.6) is 0 Å². The number of hydrogen-bond acceptors (Lipinski definition) is 2. The van der Waals surface area contributed by atoms with Crippen molar-refractivity contribution < 1.29 is 4.79 Å². The molecule has 0 aliphatic rings. The largest absolute Gasteiger partial charge is 0.378 e. The number of rotatable bonds is 4. The molecule has 0 heterocycles.